The van der Waals surface area contributed by atoms with E-state index in [0.717, 1.165) is 40.8 Å². The SMILES string of the molecule is COc1ccc(/C=C2\CCc3c([nH]c4ccc(C)cc34)C2=O)cc1OC. The number of Topliss-reactive ketones (excluding diaryl/α,β-unsaturated/α-hetero) is 1. The number of carbonyl (C=O) groups excluding carboxylic acids is 1. The molecule has 132 valence electrons. The van der Waals surface area contributed by atoms with Crippen LogP contribution in [0.1, 0.15) is 33.6 Å². The normalized spacial score (nSPS) is 15.3. The zero-order valence-corrected chi connectivity index (χ0v) is 15.2. The van der Waals surface area contributed by atoms with Crippen molar-refractivity contribution in [3.8, 4) is 11.5 Å². The van der Waals surface area contributed by atoms with Crippen molar-refractivity contribution in [1.29, 1.82) is 0 Å². The van der Waals surface area contributed by atoms with Gasteiger partial charge in [-0.2, -0.15) is 0 Å². The summed E-state index contributed by atoms with van der Waals surface area (Å²) in [5.74, 6) is 1.42. The Morgan fingerprint density at radius 1 is 1.00 bits per heavy atom. The molecule has 3 aromatic rings. The number of aromatic nitrogens is 1. The van der Waals surface area contributed by atoms with Crippen molar-refractivity contribution in [3.05, 3.63) is 64.4 Å². The Morgan fingerprint density at radius 3 is 2.58 bits per heavy atom. The molecule has 0 amide bonds. The minimum absolute atomic E-state index is 0.0786. The van der Waals surface area contributed by atoms with E-state index < -0.39 is 0 Å². The van der Waals surface area contributed by atoms with E-state index in [-0.39, 0.29) is 5.78 Å². The minimum Gasteiger partial charge on any atom is -0.493 e. The van der Waals surface area contributed by atoms with Crippen LogP contribution in [0.3, 0.4) is 0 Å². The number of allylic oxidation sites excluding steroid dienone is 1. The van der Waals surface area contributed by atoms with Gasteiger partial charge < -0.3 is 14.5 Å². The molecule has 0 atom stereocenters. The van der Waals surface area contributed by atoms with Crippen LogP contribution in [0.2, 0.25) is 0 Å². The van der Waals surface area contributed by atoms with Crippen LogP contribution >= 0.6 is 0 Å². The molecule has 0 saturated carbocycles. The highest BCUT2D eigenvalue weighted by atomic mass is 16.5. The van der Waals surface area contributed by atoms with Crippen LogP contribution < -0.4 is 9.47 Å². The summed E-state index contributed by atoms with van der Waals surface area (Å²) in [5.41, 5.74) is 5.84. The van der Waals surface area contributed by atoms with E-state index in [1.807, 2.05) is 30.3 Å². The molecule has 0 aliphatic heterocycles. The molecule has 0 unspecified atom stereocenters. The molecule has 4 heteroatoms. The van der Waals surface area contributed by atoms with Gasteiger partial charge in [0.05, 0.1) is 19.9 Å². The standard InChI is InChI=1S/C22H21NO3/c1-13-4-8-18-17(10-13)16-7-6-15(22(24)21(16)23-18)11-14-5-9-19(25-2)20(12-14)26-3/h4-5,8-12,23H,6-7H2,1-3H3/b15-11+. The van der Waals surface area contributed by atoms with Gasteiger partial charge in [0.15, 0.2) is 11.5 Å². The summed E-state index contributed by atoms with van der Waals surface area (Å²) < 4.78 is 10.6. The number of aromatic amines is 1. The summed E-state index contributed by atoms with van der Waals surface area (Å²) in [6, 6.07) is 12.0. The molecule has 0 spiro atoms. The van der Waals surface area contributed by atoms with Crippen LogP contribution in [0.5, 0.6) is 11.5 Å². The van der Waals surface area contributed by atoms with E-state index in [4.69, 9.17) is 9.47 Å². The van der Waals surface area contributed by atoms with Crippen molar-refractivity contribution in [1.82, 2.24) is 4.98 Å². The van der Waals surface area contributed by atoms with Gasteiger partial charge in [-0.1, -0.05) is 17.7 Å². The minimum atomic E-state index is 0.0786. The summed E-state index contributed by atoms with van der Waals surface area (Å²) in [5, 5.41) is 1.17. The van der Waals surface area contributed by atoms with Crippen molar-refractivity contribution < 1.29 is 14.3 Å². The average Bonchev–Trinajstić information content (AvgIpc) is 3.02. The van der Waals surface area contributed by atoms with Crippen LogP contribution in [0.4, 0.5) is 0 Å². The van der Waals surface area contributed by atoms with E-state index >= 15 is 0 Å². The summed E-state index contributed by atoms with van der Waals surface area (Å²) in [4.78, 5) is 16.3. The van der Waals surface area contributed by atoms with Gasteiger partial charge in [0.25, 0.3) is 0 Å². The van der Waals surface area contributed by atoms with E-state index in [2.05, 4.69) is 24.0 Å². The number of hydrogen-bond donors (Lipinski definition) is 1. The number of fused-ring (bicyclic) bond motifs is 3. The first-order chi connectivity index (χ1) is 12.6. The second-order valence-corrected chi connectivity index (χ2v) is 6.64. The van der Waals surface area contributed by atoms with Crippen LogP contribution in [-0.4, -0.2) is 25.0 Å². The Morgan fingerprint density at radius 2 is 1.81 bits per heavy atom. The molecule has 2 aromatic carbocycles. The average molecular weight is 347 g/mol. The van der Waals surface area contributed by atoms with Gasteiger partial charge in [-0.3, -0.25) is 4.79 Å². The molecule has 1 N–H and O–H groups in total. The molecule has 1 aromatic heterocycles. The fourth-order valence-corrected chi connectivity index (χ4v) is 3.63. The molecule has 4 nitrogen and oxygen atoms in total. The van der Waals surface area contributed by atoms with Gasteiger partial charge in [-0.05, 0) is 61.2 Å². The second-order valence-electron chi connectivity index (χ2n) is 6.64. The lowest BCUT2D eigenvalue weighted by atomic mass is 9.89. The maximum atomic E-state index is 13.0. The van der Waals surface area contributed by atoms with Crippen LogP contribution in [-0.2, 0) is 6.42 Å². The fourth-order valence-electron chi connectivity index (χ4n) is 3.63. The molecular weight excluding hydrogens is 326 g/mol. The highest BCUT2D eigenvalue weighted by molar-refractivity contribution is 6.15. The lowest BCUT2D eigenvalue weighted by Gasteiger charge is -2.15. The number of hydrogen-bond acceptors (Lipinski definition) is 3. The number of ketones is 1. The Kier molecular flexibility index (Phi) is 4.03. The molecule has 1 heterocycles. The number of rotatable bonds is 3. The number of methoxy groups -OCH3 is 2. The monoisotopic (exact) mass is 347 g/mol. The third kappa shape index (κ3) is 2.68. The molecule has 0 radical (unpaired) electrons. The molecular formula is C22H21NO3. The maximum Gasteiger partial charge on any atom is 0.205 e. The van der Waals surface area contributed by atoms with Gasteiger partial charge >= 0.3 is 0 Å². The predicted molar refractivity (Wildman–Crippen MR) is 103 cm³/mol. The van der Waals surface area contributed by atoms with E-state index in [0.29, 0.717) is 11.5 Å². The number of benzene rings is 2. The number of carbonyl (C=O) groups is 1. The number of nitrogens with one attached hydrogen (secondary N) is 1. The van der Waals surface area contributed by atoms with E-state index in [1.54, 1.807) is 14.2 Å². The van der Waals surface area contributed by atoms with Crippen molar-refractivity contribution in [2.24, 2.45) is 0 Å². The molecule has 0 bridgehead atoms. The van der Waals surface area contributed by atoms with Gasteiger partial charge in [0.1, 0.15) is 0 Å². The van der Waals surface area contributed by atoms with Crippen molar-refractivity contribution >= 4 is 22.8 Å². The van der Waals surface area contributed by atoms with Gasteiger partial charge in [-0.15, -0.1) is 0 Å². The molecule has 26 heavy (non-hydrogen) atoms. The molecule has 1 aliphatic rings. The van der Waals surface area contributed by atoms with Crippen LogP contribution in [0.25, 0.3) is 17.0 Å². The number of H-pyrrole nitrogens is 1. The number of aryl methyl sites for hydroxylation is 2. The summed E-state index contributed by atoms with van der Waals surface area (Å²) in [6.45, 7) is 2.08. The third-order valence-electron chi connectivity index (χ3n) is 4.97. The summed E-state index contributed by atoms with van der Waals surface area (Å²) in [7, 11) is 3.22. The maximum absolute atomic E-state index is 13.0. The molecule has 4 rings (SSSR count). The van der Waals surface area contributed by atoms with Gasteiger partial charge in [0.2, 0.25) is 5.78 Å². The lowest BCUT2D eigenvalue weighted by Crippen LogP contribution is -2.13. The Hall–Kier alpha value is -3.01. The van der Waals surface area contributed by atoms with Crippen molar-refractivity contribution in [3.63, 3.8) is 0 Å². The predicted octanol–water partition coefficient (Wildman–Crippen LogP) is 4.71. The van der Waals surface area contributed by atoms with Gasteiger partial charge in [-0.25, -0.2) is 0 Å². The van der Waals surface area contributed by atoms with E-state index in [9.17, 15) is 4.79 Å². The Labute approximate surface area is 152 Å². The van der Waals surface area contributed by atoms with Crippen molar-refractivity contribution in [2.75, 3.05) is 14.2 Å². The van der Waals surface area contributed by atoms with Crippen LogP contribution in [0, 0.1) is 6.92 Å². The molecule has 0 saturated heterocycles. The summed E-state index contributed by atoms with van der Waals surface area (Å²) >= 11 is 0. The second kappa shape index (κ2) is 6.37. The third-order valence-corrected chi connectivity index (χ3v) is 4.97. The molecule has 1 aliphatic carbocycles. The molecule has 0 fully saturated rings. The first-order valence-corrected chi connectivity index (χ1v) is 8.69. The fraction of sp³-hybridized carbons (Fsp3) is 0.227. The first-order valence-electron chi connectivity index (χ1n) is 8.69. The van der Waals surface area contributed by atoms with Crippen molar-refractivity contribution in [2.45, 2.75) is 19.8 Å². The van der Waals surface area contributed by atoms with Crippen LogP contribution in [0.15, 0.2) is 42.0 Å². The lowest BCUT2D eigenvalue weighted by molar-refractivity contribution is 0.102. The smallest absolute Gasteiger partial charge is 0.205 e. The summed E-state index contributed by atoms with van der Waals surface area (Å²) in [6.07, 6.45) is 3.55. The quantitative estimate of drug-likeness (QED) is 0.698. The zero-order chi connectivity index (χ0) is 18.3. The Balaban J connectivity index is 1.73. The van der Waals surface area contributed by atoms with Gasteiger partial charge in [0, 0.05) is 16.5 Å². The topological polar surface area (TPSA) is 51.3 Å². The highest BCUT2D eigenvalue weighted by Crippen LogP contribution is 2.34. The van der Waals surface area contributed by atoms with E-state index in [1.165, 1.54) is 10.9 Å². The Bertz CT molecular complexity index is 1040. The zero-order valence-electron chi connectivity index (χ0n) is 15.2. The highest BCUT2D eigenvalue weighted by Gasteiger charge is 2.25. The largest absolute Gasteiger partial charge is 0.493 e. The first kappa shape index (κ1) is 16.5. The number of ether oxygens (including phenoxy) is 2.